The van der Waals surface area contributed by atoms with Crippen LogP contribution >= 0.6 is 23.2 Å². The van der Waals surface area contributed by atoms with Crippen LogP contribution in [-0.4, -0.2) is 19.4 Å². The lowest BCUT2D eigenvalue weighted by atomic mass is 10.2. The second-order valence-electron chi connectivity index (χ2n) is 4.98. The average Bonchev–Trinajstić information content (AvgIpc) is 2.60. The second kappa shape index (κ2) is 9.83. The van der Waals surface area contributed by atoms with Gasteiger partial charge in [-0.25, -0.2) is 0 Å². The van der Waals surface area contributed by atoms with E-state index in [2.05, 4.69) is 16.4 Å². The third-order valence-corrected chi connectivity index (χ3v) is 3.67. The summed E-state index contributed by atoms with van der Waals surface area (Å²) in [5.41, 5.74) is 4.83. The Morgan fingerprint density at radius 3 is 2.64 bits per heavy atom. The molecule has 0 radical (unpaired) electrons. The summed E-state index contributed by atoms with van der Waals surface area (Å²) >= 11 is 12.1. The standard InChI is InChI=1S/C19H18Cl2N2O2/c1-3-9-25-19-17(21)10-15(11-18(19)24-4-2)13-23-22-12-14-5-7-16(20)8-6-14/h1,5-8,10-11,13,22H,4,9,12H2,2H3/b23-13-. The lowest BCUT2D eigenvalue weighted by molar-refractivity contribution is 0.299. The summed E-state index contributed by atoms with van der Waals surface area (Å²) in [4.78, 5) is 0. The zero-order valence-corrected chi connectivity index (χ0v) is 15.3. The number of rotatable bonds is 8. The molecule has 0 aliphatic rings. The van der Waals surface area contributed by atoms with E-state index in [-0.39, 0.29) is 6.61 Å². The van der Waals surface area contributed by atoms with Crippen LogP contribution in [-0.2, 0) is 6.54 Å². The minimum atomic E-state index is 0.121. The van der Waals surface area contributed by atoms with Gasteiger partial charge in [-0.05, 0) is 42.3 Å². The van der Waals surface area contributed by atoms with Crippen molar-refractivity contribution in [2.75, 3.05) is 13.2 Å². The Kier molecular flexibility index (Phi) is 7.46. The first kappa shape index (κ1) is 19.0. The summed E-state index contributed by atoms with van der Waals surface area (Å²) in [6.45, 7) is 3.07. The Morgan fingerprint density at radius 1 is 1.20 bits per heavy atom. The predicted molar refractivity (Wildman–Crippen MR) is 103 cm³/mol. The Morgan fingerprint density at radius 2 is 1.96 bits per heavy atom. The molecule has 0 heterocycles. The summed E-state index contributed by atoms with van der Waals surface area (Å²) in [5, 5.41) is 5.32. The molecule has 0 atom stereocenters. The van der Waals surface area contributed by atoms with E-state index in [1.807, 2.05) is 31.2 Å². The highest BCUT2D eigenvalue weighted by molar-refractivity contribution is 6.32. The third kappa shape index (κ3) is 5.90. The summed E-state index contributed by atoms with van der Waals surface area (Å²) in [6, 6.07) is 11.1. The van der Waals surface area contributed by atoms with Crippen molar-refractivity contribution < 1.29 is 9.47 Å². The quantitative estimate of drug-likeness (QED) is 0.418. The molecule has 0 aliphatic heterocycles. The smallest absolute Gasteiger partial charge is 0.181 e. The molecule has 2 aromatic carbocycles. The molecule has 0 spiro atoms. The van der Waals surface area contributed by atoms with Gasteiger partial charge in [-0.3, -0.25) is 0 Å². The van der Waals surface area contributed by atoms with Gasteiger partial charge in [-0.2, -0.15) is 5.10 Å². The first-order valence-corrected chi connectivity index (χ1v) is 8.42. The Labute approximate surface area is 157 Å². The lowest BCUT2D eigenvalue weighted by Gasteiger charge is -2.12. The van der Waals surface area contributed by atoms with Crippen LogP contribution in [0.25, 0.3) is 0 Å². The highest BCUT2D eigenvalue weighted by atomic mass is 35.5. The van der Waals surface area contributed by atoms with Gasteiger partial charge in [0, 0.05) is 5.02 Å². The molecule has 0 aromatic heterocycles. The summed E-state index contributed by atoms with van der Waals surface area (Å²) in [5.74, 6) is 3.38. The molecule has 0 unspecified atom stereocenters. The van der Waals surface area contributed by atoms with Crippen LogP contribution in [0.3, 0.4) is 0 Å². The van der Waals surface area contributed by atoms with Crippen LogP contribution in [0.4, 0.5) is 0 Å². The van der Waals surface area contributed by atoms with Gasteiger partial charge >= 0.3 is 0 Å². The molecule has 0 amide bonds. The molecule has 130 valence electrons. The van der Waals surface area contributed by atoms with Crippen LogP contribution < -0.4 is 14.9 Å². The maximum Gasteiger partial charge on any atom is 0.181 e. The van der Waals surface area contributed by atoms with Crippen molar-refractivity contribution in [3.05, 3.63) is 57.6 Å². The number of nitrogens with zero attached hydrogens (tertiary/aromatic N) is 1. The number of nitrogens with one attached hydrogen (secondary N) is 1. The topological polar surface area (TPSA) is 42.8 Å². The molecule has 0 saturated heterocycles. The fraction of sp³-hybridized carbons (Fsp3) is 0.211. The van der Waals surface area contributed by atoms with Crippen LogP contribution in [0.2, 0.25) is 10.0 Å². The fourth-order valence-corrected chi connectivity index (χ4v) is 2.44. The number of ether oxygens (including phenoxy) is 2. The minimum Gasteiger partial charge on any atom is -0.490 e. The van der Waals surface area contributed by atoms with E-state index in [0.29, 0.717) is 34.7 Å². The zero-order chi connectivity index (χ0) is 18.1. The largest absolute Gasteiger partial charge is 0.490 e. The molecule has 1 N–H and O–H groups in total. The highest BCUT2D eigenvalue weighted by Crippen LogP contribution is 2.36. The van der Waals surface area contributed by atoms with Gasteiger partial charge in [0.05, 0.1) is 24.4 Å². The van der Waals surface area contributed by atoms with Gasteiger partial charge < -0.3 is 14.9 Å². The SMILES string of the molecule is C#CCOc1c(Cl)cc(/C=N\NCc2ccc(Cl)cc2)cc1OCC. The maximum atomic E-state index is 6.26. The van der Waals surface area contributed by atoms with Crippen molar-refractivity contribution in [3.8, 4) is 23.8 Å². The molecule has 25 heavy (non-hydrogen) atoms. The van der Waals surface area contributed by atoms with Crippen molar-refractivity contribution in [2.45, 2.75) is 13.5 Å². The van der Waals surface area contributed by atoms with Crippen molar-refractivity contribution in [1.29, 1.82) is 0 Å². The van der Waals surface area contributed by atoms with E-state index >= 15 is 0 Å². The summed E-state index contributed by atoms with van der Waals surface area (Å²) < 4.78 is 11.0. The van der Waals surface area contributed by atoms with Gasteiger partial charge in [0.1, 0.15) is 6.61 Å². The minimum absolute atomic E-state index is 0.121. The lowest BCUT2D eigenvalue weighted by Crippen LogP contribution is -2.05. The normalized spacial score (nSPS) is 10.5. The zero-order valence-electron chi connectivity index (χ0n) is 13.8. The van der Waals surface area contributed by atoms with Crippen LogP contribution in [0.5, 0.6) is 11.5 Å². The molecule has 4 nitrogen and oxygen atoms in total. The van der Waals surface area contributed by atoms with Crippen LogP contribution in [0.1, 0.15) is 18.1 Å². The molecule has 0 saturated carbocycles. The molecular formula is C19H18Cl2N2O2. The van der Waals surface area contributed by atoms with E-state index in [1.165, 1.54) is 0 Å². The number of hydrogen-bond acceptors (Lipinski definition) is 4. The van der Waals surface area contributed by atoms with E-state index < -0.39 is 0 Å². The van der Waals surface area contributed by atoms with Crippen LogP contribution in [0, 0.1) is 12.3 Å². The van der Waals surface area contributed by atoms with Crippen molar-refractivity contribution in [1.82, 2.24) is 5.43 Å². The number of hydrogen-bond donors (Lipinski definition) is 1. The van der Waals surface area contributed by atoms with Gasteiger partial charge in [-0.1, -0.05) is 41.3 Å². The van der Waals surface area contributed by atoms with Gasteiger partial charge in [0.2, 0.25) is 0 Å². The third-order valence-electron chi connectivity index (χ3n) is 3.13. The van der Waals surface area contributed by atoms with Crippen LogP contribution in [0.15, 0.2) is 41.5 Å². The first-order chi connectivity index (χ1) is 12.1. The monoisotopic (exact) mass is 376 g/mol. The first-order valence-electron chi connectivity index (χ1n) is 7.67. The van der Waals surface area contributed by atoms with Crippen molar-refractivity contribution in [3.63, 3.8) is 0 Å². The average molecular weight is 377 g/mol. The van der Waals surface area contributed by atoms with E-state index in [0.717, 1.165) is 11.1 Å². The molecule has 2 aromatic rings. The number of benzene rings is 2. The Hall–Kier alpha value is -2.35. The van der Waals surface area contributed by atoms with Gasteiger partial charge in [0.25, 0.3) is 0 Å². The molecule has 2 rings (SSSR count). The number of halogens is 2. The maximum absolute atomic E-state index is 6.26. The number of hydrazone groups is 1. The molecular weight excluding hydrogens is 359 g/mol. The number of terminal acetylenes is 1. The second-order valence-corrected chi connectivity index (χ2v) is 5.82. The van der Waals surface area contributed by atoms with E-state index in [4.69, 9.17) is 39.1 Å². The van der Waals surface area contributed by atoms with E-state index in [9.17, 15) is 0 Å². The Balaban J connectivity index is 2.05. The van der Waals surface area contributed by atoms with Gasteiger partial charge in [0.15, 0.2) is 11.5 Å². The summed E-state index contributed by atoms with van der Waals surface area (Å²) in [7, 11) is 0. The molecule has 0 fully saturated rings. The molecule has 0 aliphatic carbocycles. The van der Waals surface area contributed by atoms with E-state index in [1.54, 1.807) is 18.3 Å². The Bertz CT molecular complexity index is 768. The summed E-state index contributed by atoms with van der Waals surface area (Å²) in [6.07, 6.45) is 6.88. The predicted octanol–water partition coefficient (Wildman–Crippen LogP) is 4.53. The van der Waals surface area contributed by atoms with Crippen molar-refractivity contribution >= 4 is 29.4 Å². The van der Waals surface area contributed by atoms with Crippen molar-refractivity contribution in [2.24, 2.45) is 5.10 Å². The van der Waals surface area contributed by atoms with Gasteiger partial charge in [-0.15, -0.1) is 6.42 Å². The fourth-order valence-electron chi connectivity index (χ4n) is 2.04. The molecule has 0 bridgehead atoms. The highest BCUT2D eigenvalue weighted by Gasteiger charge is 2.11. The molecule has 6 heteroatoms.